The van der Waals surface area contributed by atoms with Gasteiger partial charge in [0.25, 0.3) is 0 Å². The number of halogens is 1. The van der Waals surface area contributed by atoms with Crippen LogP contribution in [0.4, 0.5) is 5.82 Å². The van der Waals surface area contributed by atoms with Crippen LogP contribution in [0.3, 0.4) is 0 Å². The number of rotatable bonds is 9. The molecule has 0 bridgehead atoms. The van der Waals surface area contributed by atoms with Gasteiger partial charge in [0.1, 0.15) is 11.9 Å². The van der Waals surface area contributed by atoms with E-state index in [0.717, 1.165) is 35.2 Å². The summed E-state index contributed by atoms with van der Waals surface area (Å²) in [6.45, 7) is 4.30. The molecule has 184 valence electrons. The molecule has 0 spiro atoms. The quantitative estimate of drug-likeness (QED) is 0.491. The Morgan fingerprint density at radius 3 is 2.71 bits per heavy atom. The molecule has 2 fully saturated rings. The van der Waals surface area contributed by atoms with Crippen LogP contribution in [0.15, 0.2) is 30.3 Å². The van der Waals surface area contributed by atoms with Gasteiger partial charge in [-0.05, 0) is 37.0 Å². The number of hydrogen-bond acceptors (Lipinski definition) is 6. The van der Waals surface area contributed by atoms with Crippen molar-refractivity contribution in [1.29, 1.82) is 5.26 Å². The fourth-order valence-electron chi connectivity index (χ4n) is 4.72. The van der Waals surface area contributed by atoms with Crippen molar-refractivity contribution in [2.75, 3.05) is 44.1 Å². The number of amides is 1. The van der Waals surface area contributed by atoms with Gasteiger partial charge in [0.15, 0.2) is 5.78 Å². The molecule has 2 aromatic rings. The van der Waals surface area contributed by atoms with E-state index in [2.05, 4.69) is 11.0 Å². The van der Waals surface area contributed by atoms with Crippen LogP contribution >= 0.6 is 11.6 Å². The lowest BCUT2D eigenvalue weighted by atomic mass is 9.96. The molecule has 1 saturated heterocycles. The molecule has 1 saturated carbocycles. The van der Waals surface area contributed by atoms with E-state index in [1.165, 1.54) is 0 Å². The van der Waals surface area contributed by atoms with Crippen molar-refractivity contribution in [3.05, 3.63) is 47.2 Å². The first-order chi connectivity index (χ1) is 16.9. The number of aromatic nitrogens is 1. The molecular weight excluding hydrogens is 464 g/mol. The number of pyridine rings is 1. The number of carbonyl (C=O) groups is 2. The topological polar surface area (TPSA) is 86.5 Å². The second kappa shape index (κ2) is 11.2. The summed E-state index contributed by atoms with van der Waals surface area (Å²) < 4.78 is 5.05. The van der Waals surface area contributed by atoms with Gasteiger partial charge in [0.2, 0.25) is 5.91 Å². The third kappa shape index (κ3) is 5.83. The Labute approximate surface area is 211 Å². The largest absolute Gasteiger partial charge is 0.384 e. The van der Waals surface area contributed by atoms with E-state index >= 15 is 0 Å². The molecule has 1 aliphatic heterocycles. The number of nitriles is 1. The fraction of sp³-hybridized carbons (Fsp3) is 0.481. The fourth-order valence-corrected chi connectivity index (χ4v) is 4.81. The minimum atomic E-state index is -0.0219. The van der Waals surface area contributed by atoms with Gasteiger partial charge in [-0.15, -0.1) is 11.6 Å². The van der Waals surface area contributed by atoms with Crippen LogP contribution in [0.5, 0.6) is 0 Å². The molecule has 4 rings (SSSR count). The van der Waals surface area contributed by atoms with Crippen LogP contribution in [0, 0.1) is 11.3 Å². The molecular formula is C27H31ClN4O3. The van der Waals surface area contributed by atoms with Gasteiger partial charge < -0.3 is 14.5 Å². The molecule has 1 atom stereocenters. The first-order valence-corrected chi connectivity index (χ1v) is 12.6. The molecule has 1 aliphatic carbocycles. The van der Waals surface area contributed by atoms with Crippen molar-refractivity contribution in [2.24, 2.45) is 0 Å². The number of carbonyl (C=O) groups excluding carboxylic acids is 2. The maximum Gasteiger partial charge on any atom is 0.225 e. The highest BCUT2D eigenvalue weighted by atomic mass is 35.5. The van der Waals surface area contributed by atoms with Crippen molar-refractivity contribution >= 4 is 29.1 Å². The Balaban J connectivity index is 1.63. The summed E-state index contributed by atoms with van der Waals surface area (Å²) in [6, 6.07) is 12.2. The van der Waals surface area contributed by atoms with E-state index in [4.69, 9.17) is 21.3 Å². The molecule has 1 aromatic heterocycles. The first-order valence-electron chi connectivity index (χ1n) is 12.1. The molecule has 1 aromatic carbocycles. The van der Waals surface area contributed by atoms with Crippen LogP contribution in [0.2, 0.25) is 0 Å². The number of Topliss-reactive ketones (excluding diaryl/α,β-unsaturated/α-hetero) is 1. The number of methoxy groups -OCH3 is 1. The smallest absolute Gasteiger partial charge is 0.225 e. The predicted octanol–water partition coefficient (Wildman–Crippen LogP) is 3.92. The number of benzene rings is 1. The Kier molecular flexibility index (Phi) is 8.04. The monoisotopic (exact) mass is 494 g/mol. The third-order valence-electron chi connectivity index (χ3n) is 6.67. The van der Waals surface area contributed by atoms with E-state index in [-0.39, 0.29) is 30.0 Å². The number of alkyl halides is 1. The van der Waals surface area contributed by atoms with Gasteiger partial charge in [-0.3, -0.25) is 9.59 Å². The van der Waals surface area contributed by atoms with Crippen molar-refractivity contribution in [2.45, 2.75) is 44.6 Å². The Morgan fingerprint density at radius 2 is 2.06 bits per heavy atom. The second-order valence-electron chi connectivity index (χ2n) is 9.35. The van der Waals surface area contributed by atoms with E-state index in [1.807, 2.05) is 42.2 Å². The minimum absolute atomic E-state index is 0.00392. The minimum Gasteiger partial charge on any atom is -0.384 e. The summed E-state index contributed by atoms with van der Waals surface area (Å²) >= 11 is 5.70. The normalized spacial score (nSPS) is 17.8. The van der Waals surface area contributed by atoms with Crippen LogP contribution in [0.25, 0.3) is 11.1 Å². The number of nitrogens with zero attached hydrogens (tertiary/aromatic N) is 4. The third-order valence-corrected chi connectivity index (χ3v) is 6.97. The highest BCUT2D eigenvalue weighted by molar-refractivity contribution is 6.27. The number of piperazine rings is 1. The van der Waals surface area contributed by atoms with Crippen LogP contribution in [0.1, 0.15) is 48.9 Å². The number of anilines is 1. The molecule has 2 heterocycles. The molecule has 0 unspecified atom stereocenters. The average molecular weight is 495 g/mol. The zero-order valence-corrected chi connectivity index (χ0v) is 21.1. The van der Waals surface area contributed by atoms with E-state index in [9.17, 15) is 14.9 Å². The van der Waals surface area contributed by atoms with Crippen LogP contribution in [-0.2, 0) is 20.7 Å². The van der Waals surface area contributed by atoms with Crippen LogP contribution < -0.4 is 4.90 Å². The van der Waals surface area contributed by atoms with Crippen LogP contribution in [-0.4, -0.2) is 66.8 Å². The van der Waals surface area contributed by atoms with Gasteiger partial charge >= 0.3 is 0 Å². The Hall–Kier alpha value is -2.95. The SMILES string of the molecule is COCCC(=O)N1CCN(c2nc(C3CC3)c(-c3cccc(CC(=O)CCl)c3)cc2C#N)C[C@H]1C. The van der Waals surface area contributed by atoms with Gasteiger partial charge in [0.05, 0.1) is 30.2 Å². The van der Waals surface area contributed by atoms with Crippen molar-refractivity contribution in [3.63, 3.8) is 0 Å². The summed E-state index contributed by atoms with van der Waals surface area (Å²) in [5.74, 6) is 1.14. The average Bonchev–Trinajstić information content (AvgIpc) is 3.72. The lowest BCUT2D eigenvalue weighted by molar-refractivity contribution is -0.134. The van der Waals surface area contributed by atoms with E-state index in [1.54, 1.807) is 7.11 Å². The maximum atomic E-state index is 12.5. The number of hydrogen-bond donors (Lipinski definition) is 0. The summed E-state index contributed by atoms with van der Waals surface area (Å²) in [5.41, 5.74) is 4.35. The van der Waals surface area contributed by atoms with Crippen molar-refractivity contribution in [1.82, 2.24) is 9.88 Å². The summed E-state index contributed by atoms with van der Waals surface area (Å²) in [7, 11) is 1.60. The van der Waals surface area contributed by atoms with Gasteiger partial charge in [0, 0.05) is 50.7 Å². The zero-order valence-electron chi connectivity index (χ0n) is 20.3. The molecule has 8 heteroatoms. The lowest BCUT2D eigenvalue weighted by Crippen LogP contribution is -2.54. The van der Waals surface area contributed by atoms with E-state index < -0.39 is 0 Å². The highest BCUT2D eigenvalue weighted by Gasteiger charge is 2.33. The Morgan fingerprint density at radius 1 is 1.26 bits per heavy atom. The zero-order chi connectivity index (χ0) is 24.9. The van der Waals surface area contributed by atoms with E-state index in [0.29, 0.717) is 50.0 Å². The molecule has 1 amide bonds. The van der Waals surface area contributed by atoms with Gasteiger partial charge in [-0.1, -0.05) is 24.3 Å². The molecule has 35 heavy (non-hydrogen) atoms. The maximum absolute atomic E-state index is 12.5. The first kappa shape index (κ1) is 25.2. The van der Waals surface area contributed by atoms with Crippen molar-refractivity contribution < 1.29 is 14.3 Å². The Bertz CT molecular complexity index is 1140. The predicted molar refractivity (Wildman–Crippen MR) is 136 cm³/mol. The lowest BCUT2D eigenvalue weighted by Gasteiger charge is -2.41. The number of ketones is 1. The second-order valence-corrected chi connectivity index (χ2v) is 9.62. The summed E-state index contributed by atoms with van der Waals surface area (Å²) in [5, 5.41) is 10.0. The number of ether oxygens (including phenoxy) is 1. The standard InChI is InChI=1S/C27H31ClN4O3/c1-18-17-31(9-10-32(18)25(34)8-11-35-2)27-22(16-29)14-24(26(30-27)20-6-7-20)21-5-3-4-19(12-21)13-23(33)15-28/h3-5,12,14,18,20H,6-11,13,15,17H2,1-2H3/t18-/m1/s1. The van der Waals surface area contributed by atoms with Gasteiger partial charge in [-0.2, -0.15) is 5.26 Å². The van der Waals surface area contributed by atoms with Gasteiger partial charge in [-0.25, -0.2) is 4.98 Å². The summed E-state index contributed by atoms with van der Waals surface area (Å²) in [6.07, 6.45) is 2.82. The summed E-state index contributed by atoms with van der Waals surface area (Å²) in [4.78, 5) is 33.5. The molecule has 0 radical (unpaired) electrons. The highest BCUT2D eigenvalue weighted by Crippen LogP contribution is 2.45. The molecule has 7 nitrogen and oxygen atoms in total. The molecule has 0 N–H and O–H groups in total. The van der Waals surface area contributed by atoms with Crippen molar-refractivity contribution in [3.8, 4) is 17.2 Å². The molecule has 2 aliphatic rings.